The molecule has 0 radical (unpaired) electrons. The third-order valence-electron chi connectivity index (χ3n) is 5.52. The van der Waals surface area contributed by atoms with Crippen molar-refractivity contribution in [2.24, 2.45) is 5.92 Å². The Balaban J connectivity index is 0.000000151. The average Bonchev–Trinajstić information content (AvgIpc) is 2.72. The van der Waals surface area contributed by atoms with Crippen LogP contribution in [-0.2, 0) is 13.0 Å². The molecule has 140 valence electrons. The van der Waals surface area contributed by atoms with Gasteiger partial charge in [-0.15, -0.1) is 0 Å². The van der Waals surface area contributed by atoms with Crippen LogP contribution in [0.5, 0.6) is 0 Å². The van der Waals surface area contributed by atoms with Gasteiger partial charge >= 0.3 is 0 Å². The molecule has 0 saturated carbocycles. The number of hydrogen-bond donors (Lipinski definition) is 1. The lowest BCUT2D eigenvalue weighted by molar-refractivity contribution is 0.221. The van der Waals surface area contributed by atoms with Gasteiger partial charge in [-0.1, -0.05) is 67.1 Å². The zero-order valence-corrected chi connectivity index (χ0v) is 16.1. The van der Waals surface area contributed by atoms with Crippen molar-refractivity contribution in [2.45, 2.75) is 45.1 Å². The fourth-order valence-corrected chi connectivity index (χ4v) is 3.99. The Bertz CT molecular complexity index is 529. The highest BCUT2D eigenvalue weighted by atomic mass is 15.1. The highest BCUT2D eigenvalue weighted by Gasteiger charge is 2.12. The fraction of sp³-hybridized carbons (Fsp3) is 0.500. The molecular formula is C24H34N2. The molecule has 0 atom stereocenters. The molecule has 2 fully saturated rings. The molecule has 2 aromatic carbocycles. The maximum absolute atomic E-state index is 3.40. The first-order chi connectivity index (χ1) is 12.9. The van der Waals surface area contributed by atoms with Crippen molar-refractivity contribution in [3.05, 3.63) is 71.8 Å². The number of piperidine rings is 2. The minimum absolute atomic E-state index is 0.906. The van der Waals surface area contributed by atoms with Crippen molar-refractivity contribution in [2.75, 3.05) is 26.2 Å². The van der Waals surface area contributed by atoms with Gasteiger partial charge in [-0.2, -0.15) is 0 Å². The van der Waals surface area contributed by atoms with Crippen LogP contribution in [0.4, 0.5) is 0 Å². The molecule has 2 aliphatic heterocycles. The Hall–Kier alpha value is -1.64. The number of rotatable bonds is 4. The maximum Gasteiger partial charge on any atom is 0.0233 e. The molecule has 26 heavy (non-hydrogen) atoms. The number of hydrogen-bond acceptors (Lipinski definition) is 2. The van der Waals surface area contributed by atoms with Crippen LogP contribution in [0.2, 0.25) is 0 Å². The summed E-state index contributed by atoms with van der Waals surface area (Å²) in [6, 6.07) is 21.6. The van der Waals surface area contributed by atoms with Crippen molar-refractivity contribution < 1.29 is 0 Å². The largest absolute Gasteiger partial charge is 0.317 e. The zero-order valence-electron chi connectivity index (χ0n) is 16.1. The van der Waals surface area contributed by atoms with Gasteiger partial charge in [0.15, 0.2) is 0 Å². The Morgan fingerprint density at radius 3 is 1.92 bits per heavy atom. The van der Waals surface area contributed by atoms with Gasteiger partial charge in [0.2, 0.25) is 0 Å². The van der Waals surface area contributed by atoms with Gasteiger partial charge < -0.3 is 5.32 Å². The van der Waals surface area contributed by atoms with E-state index in [1.165, 1.54) is 75.8 Å². The third-order valence-corrected chi connectivity index (χ3v) is 5.52. The Labute approximate surface area is 159 Å². The average molecular weight is 351 g/mol. The lowest BCUT2D eigenvalue weighted by Crippen LogP contribution is -2.28. The number of nitrogens with one attached hydrogen (secondary N) is 1. The van der Waals surface area contributed by atoms with Crippen LogP contribution in [0.1, 0.15) is 43.2 Å². The Morgan fingerprint density at radius 2 is 1.31 bits per heavy atom. The lowest BCUT2D eigenvalue weighted by Gasteiger charge is -2.26. The van der Waals surface area contributed by atoms with Gasteiger partial charge in [0.05, 0.1) is 0 Å². The highest BCUT2D eigenvalue weighted by molar-refractivity contribution is 5.15. The summed E-state index contributed by atoms with van der Waals surface area (Å²) < 4.78 is 0. The van der Waals surface area contributed by atoms with E-state index in [9.17, 15) is 0 Å². The van der Waals surface area contributed by atoms with Crippen LogP contribution in [0.15, 0.2) is 60.7 Å². The molecule has 2 aliphatic rings. The van der Waals surface area contributed by atoms with Crippen LogP contribution in [0.3, 0.4) is 0 Å². The standard InChI is InChI=1S/2C12H17N/c1-3-7-12(8-4-1)11-13-9-5-2-6-10-13;1-2-4-11(5-3-1)10-12-6-8-13-9-7-12/h1,3-4,7-8H,2,5-6,9-11H2;1-5,12-13H,6-10H2. The molecule has 0 aromatic heterocycles. The zero-order chi connectivity index (χ0) is 17.9. The fourth-order valence-electron chi connectivity index (χ4n) is 3.99. The van der Waals surface area contributed by atoms with E-state index in [4.69, 9.17) is 0 Å². The smallest absolute Gasteiger partial charge is 0.0233 e. The van der Waals surface area contributed by atoms with Gasteiger partial charge in [-0.3, -0.25) is 4.90 Å². The van der Waals surface area contributed by atoms with Crippen LogP contribution < -0.4 is 5.32 Å². The first-order valence-corrected chi connectivity index (χ1v) is 10.4. The second-order valence-corrected chi connectivity index (χ2v) is 7.71. The summed E-state index contributed by atoms with van der Waals surface area (Å²) in [6.07, 6.45) is 8.14. The van der Waals surface area contributed by atoms with Crippen LogP contribution >= 0.6 is 0 Å². The van der Waals surface area contributed by atoms with Crippen molar-refractivity contribution in [1.82, 2.24) is 10.2 Å². The van der Waals surface area contributed by atoms with Crippen LogP contribution in [0.25, 0.3) is 0 Å². The third kappa shape index (κ3) is 6.93. The monoisotopic (exact) mass is 350 g/mol. The minimum atomic E-state index is 0.906. The maximum atomic E-state index is 3.40. The summed E-state index contributed by atoms with van der Waals surface area (Å²) in [4.78, 5) is 2.55. The van der Waals surface area contributed by atoms with Crippen molar-refractivity contribution in [1.29, 1.82) is 0 Å². The van der Waals surface area contributed by atoms with E-state index in [-0.39, 0.29) is 0 Å². The second kappa shape index (κ2) is 11.2. The highest BCUT2D eigenvalue weighted by Crippen LogP contribution is 2.17. The summed E-state index contributed by atoms with van der Waals surface area (Å²) in [5, 5.41) is 3.40. The molecule has 2 heteroatoms. The molecule has 1 N–H and O–H groups in total. The van der Waals surface area contributed by atoms with E-state index >= 15 is 0 Å². The molecular weight excluding hydrogens is 316 g/mol. The van der Waals surface area contributed by atoms with E-state index < -0.39 is 0 Å². The van der Waals surface area contributed by atoms with Crippen LogP contribution in [-0.4, -0.2) is 31.1 Å². The van der Waals surface area contributed by atoms with Gasteiger partial charge in [-0.25, -0.2) is 0 Å². The molecule has 0 unspecified atom stereocenters. The van der Waals surface area contributed by atoms with Crippen LogP contribution in [0, 0.1) is 5.92 Å². The second-order valence-electron chi connectivity index (χ2n) is 7.71. The molecule has 2 saturated heterocycles. The van der Waals surface area contributed by atoms with Gasteiger partial charge in [0, 0.05) is 6.54 Å². The van der Waals surface area contributed by atoms with Gasteiger partial charge in [0.1, 0.15) is 0 Å². The predicted octanol–water partition coefficient (Wildman–Crippen LogP) is 4.90. The summed E-state index contributed by atoms with van der Waals surface area (Å²) >= 11 is 0. The van der Waals surface area contributed by atoms with Gasteiger partial charge in [-0.05, 0) is 75.3 Å². The molecule has 4 rings (SSSR count). The number of likely N-dealkylation sites (tertiary alicyclic amines) is 1. The van der Waals surface area contributed by atoms with E-state index in [0.717, 1.165) is 12.5 Å². The van der Waals surface area contributed by atoms with E-state index in [2.05, 4.69) is 70.9 Å². The Kier molecular flexibility index (Phi) is 8.21. The van der Waals surface area contributed by atoms with Crippen molar-refractivity contribution >= 4 is 0 Å². The van der Waals surface area contributed by atoms with E-state index in [1.807, 2.05) is 0 Å². The predicted molar refractivity (Wildman–Crippen MR) is 111 cm³/mol. The van der Waals surface area contributed by atoms with Crippen molar-refractivity contribution in [3.63, 3.8) is 0 Å². The first-order valence-electron chi connectivity index (χ1n) is 10.4. The normalized spacial score (nSPS) is 18.8. The summed E-state index contributed by atoms with van der Waals surface area (Å²) in [5.74, 6) is 0.906. The lowest BCUT2D eigenvalue weighted by atomic mass is 9.91. The molecule has 0 aliphatic carbocycles. The van der Waals surface area contributed by atoms with E-state index in [1.54, 1.807) is 0 Å². The van der Waals surface area contributed by atoms with E-state index in [0.29, 0.717) is 0 Å². The summed E-state index contributed by atoms with van der Waals surface area (Å²) in [6.45, 7) is 6.12. The minimum Gasteiger partial charge on any atom is -0.317 e. The topological polar surface area (TPSA) is 15.3 Å². The van der Waals surface area contributed by atoms with Crippen molar-refractivity contribution in [3.8, 4) is 0 Å². The molecule has 0 amide bonds. The first kappa shape index (κ1) is 19.1. The number of benzene rings is 2. The summed E-state index contributed by atoms with van der Waals surface area (Å²) in [5.41, 5.74) is 2.94. The quantitative estimate of drug-likeness (QED) is 0.843. The molecule has 0 bridgehead atoms. The molecule has 2 nitrogen and oxygen atoms in total. The SMILES string of the molecule is c1ccc(CC2CCNCC2)cc1.c1ccc(CN2CCCCC2)cc1. The molecule has 2 heterocycles. The summed E-state index contributed by atoms with van der Waals surface area (Å²) in [7, 11) is 0. The molecule has 0 spiro atoms. The molecule has 2 aromatic rings. The number of nitrogens with zero attached hydrogens (tertiary/aromatic N) is 1. The Morgan fingerprint density at radius 1 is 0.731 bits per heavy atom. The van der Waals surface area contributed by atoms with Gasteiger partial charge in [0.25, 0.3) is 0 Å².